The molecule has 0 aliphatic carbocycles. The molecule has 0 aliphatic heterocycles. The lowest BCUT2D eigenvalue weighted by Gasteiger charge is -2.18. The number of fused-ring (bicyclic) bond motifs is 10. The standard InChI is InChI=1S/C50H30O/c1-3-15-36-31(11-1)23-26-40-37(21-10-22-39(36)40)33-13-9-14-34(29-33)48-41-17-5-7-19-43(41)49(44-20-8-6-18-42(44)48)35-25-27-46-45(30-35)50-38-16-4-2-12-32(38)24-28-47(50)51-46/h1-30H/i1D,2D,3D,4D,5D,6D,7D,8D,9D,10D,11D,12D,14D,15D,16D,17D,18D,19D,20D,21D,22D,23D,24D,25D,26D,27D,28D,29D,30D. The molecule has 0 aliphatic rings. The lowest BCUT2D eigenvalue weighted by molar-refractivity contribution is 0.669. The van der Waals surface area contributed by atoms with E-state index >= 15 is 0 Å². The minimum Gasteiger partial charge on any atom is -0.456 e. The minimum absolute atomic E-state index is 0.411. The Labute approximate surface area is 335 Å². The van der Waals surface area contributed by atoms with Crippen LogP contribution in [0.25, 0.3) is 109 Å². The minimum atomic E-state index is -1.02. The fourth-order valence-corrected chi connectivity index (χ4v) is 6.49. The van der Waals surface area contributed by atoms with Crippen LogP contribution in [0.15, 0.2) is 186 Å². The molecule has 0 saturated heterocycles. The molecule has 236 valence electrons. The quantitative estimate of drug-likeness (QED) is 0.134. The van der Waals surface area contributed by atoms with Crippen LogP contribution in [0.5, 0.6) is 0 Å². The Morgan fingerprint density at radius 3 is 1.63 bits per heavy atom. The van der Waals surface area contributed by atoms with Gasteiger partial charge in [0.1, 0.15) is 11.2 Å². The molecule has 1 heteroatoms. The third-order valence-electron chi connectivity index (χ3n) is 8.64. The third kappa shape index (κ3) is 4.22. The summed E-state index contributed by atoms with van der Waals surface area (Å²) in [6.45, 7) is 0. The van der Waals surface area contributed by atoms with Crippen LogP contribution in [0, 0.1) is 0 Å². The van der Waals surface area contributed by atoms with E-state index in [0.29, 0.717) is 0 Å². The van der Waals surface area contributed by atoms with Crippen molar-refractivity contribution in [2.45, 2.75) is 0 Å². The van der Waals surface area contributed by atoms with E-state index in [1.165, 1.54) is 0 Å². The van der Waals surface area contributed by atoms with Crippen LogP contribution < -0.4 is 0 Å². The summed E-state index contributed by atoms with van der Waals surface area (Å²) in [6.07, 6.45) is 0. The molecular weight excluding hydrogens is 617 g/mol. The van der Waals surface area contributed by atoms with Gasteiger partial charge in [0.25, 0.3) is 0 Å². The van der Waals surface area contributed by atoms with Crippen LogP contribution in [0.2, 0.25) is 0 Å². The van der Waals surface area contributed by atoms with E-state index in [-0.39, 0.29) is 0 Å². The van der Waals surface area contributed by atoms with Gasteiger partial charge < -0.3 is 4.42 Å². The lowest BCUT2D eigenvalue weighted by atomic mass is 9.85. The van der Waals surface area contributed by atoms with E-state index in [1.807, 2.05) is 0 Å². The number of rotatable bonds is 3. The van der Waals surface area contributed by atoms with Gasteiger partial charge in [0, 0.05) is 10.8 Å². The molecule has 11 rings (SSSR count). The van der Waals surface area contributed by atoms with Crippen molar-refractivity contribution < 1.29 is 44.2 Å². The summed E-state index contributed by atoms with van der Waals surface area (Å²) in [5, 5.41) is -7.00. The van der Waals surface area contributed by atoms with Crippen molar-refractivity contribution in [1.82, 2.24) is 0 Å². The van der Waals surface area contributed by atoms with E-state index in [9.17, 15) is 16.4 Å². The molecule has 1 aromatic heterocycles. The Bertz CT molecular complexity index is 4790. The molecular formula is C50H30O. The molecule has 11 aromatic rings. The highest BCUT2D eigenvalue weighted by atomic mass is 16.3. The van der Waals surface area contributed by atoms with Gasteiger partial charge >= 0.3 is 0 Å². The molecule has 1 heterocycles. The van der Waals surface area contributed by atoms with E-state index in [4.69, 9.17) is 27.7 Å². The molecule has 0 fully saturated rings. The Morgan fingerprint density at radius 1 is 0.333 bits per heavy atom. The van der Waals surface area contributed by atoms with Gasteiger partial charge in [-0.25, -0.2) is 0 Å². The van der Waals surface area contributed by atoms with Crippen molar-refractivity contribution in [3.8, 4) is 33.4 Å². The second-order valence-electron chi connectivity index (χ2n) is 11.3. The number of furan rings is 1. The average Bonchev–Trinajstić information content (AvgIpc) is 3.93. The highest BCUT2D eigenvalue weighted by Gasteiger charge is 2.19. The van der Waals surface area contributed by atoms with Crippen LogP contribution >= 0.6 is 0 Å². The molecule has 1 nitrogen and oxygen atoms in total. The first-order valence-corrected chi connectivity index (χ1v) is 15.2. The van der Waals surface area contributed by atoms with Crippen LogP contribution in [-0.4, -0.2) is 0 Å². The van der Waals surface area contributed by atoms with E-state index in [2.05, 4.69) is 0 Å². The second-order valence-corrected chi connectivity index (χ2v) is 11.3. The van der Waals surface area contributed by atoms with Gasteiger partial charge in [0.15, 0.2) is 0 Å². The van der Waals surface area contributed by atoms with Crippen molar-refractivity contribution in [3.05, 3.63) is 181 Å². The largest absolute Gasteiger partial charge is 0.456 e. The number of hydrogen-bond acceptors (Lipinski definition) is 1. The van der Waals surface area contributed by atoms with Crippen LogP contribution in [0.4, 0.5) is 0 Å². The molecule has 10 aromatic carbocycles. The average molecular weight is 676 g/mol. The third-order valence-corrected chi connectivity index (χ3v) is 8.64. The topological polar surface area (TPSA) is 13.1 Å². The summed E-state index contributed by atoms with van der Waals surface area (Å²) in [7, 11) is 0. The summed E-state index contributed by atoms with van der Waals surface area (Å²) in [5.74, 6) is 0. The van der Waals surface area contributed by atoms with Crippen molar-refractivity contribution in [3.63, 3.8) is 0 Å². The summed E-state index contributed by atoms with van der Waals surface area (Å²) in [4.78, 5) is 0. The van der Waals surface area contributed by atoms with Gasteiger partial charge in [-0.2, -0.15) is 0 Å². The second kappa shape index (κ2) is 10.9. The predicted octanol–water partition coefficient (Wildman–Crippen LogP) is 14.4. The Morgan fingerprint density at radius 2 is 0.902 bits per heavy atom. The molecule has 0 N–H and O–H groups in total. The maximum atomic E-state index is 10.0. The number of hydrogen-bond donors (Lipinski definition) is 0. The van der Waals surface area contributed by atoms with Gasteiger partial charge in [-0.05, 0) is 111 Å². The van der Waals surface area contributed by atoms with E-state index in [0.717, 1.165) is 6.07 Å². The predicted molar refractivity (Wildman–Crippen MR) is 218 cm³/mol. The molecule has 0 unspecified atom stereocenters. The molecule has 0 spiro atoms. The van der Waals surface area contributed by atoms with Gasteiger partial charge in [-0.3, -0.25) is 0 Å². The number of benzene rings is 10. The smallest absolute Gasteiger partial charge is 0.136 e. The summed E-state index contributed by atoms with van der Waals surface area (Å²) in [6, 6.07) is -24.9. The van der Waals surface area contributed by atoms with Crippen LogP contribution in [0.3, 0.4) is 0 Å². The molecule has 0 bridgehead atoms. The molecule has 0 radical (unpaired) electrons. The first-order valence-electron chi connectivity index (χ1n) is 29.7. The Hall–Kier alpha value is -6.70. The van der Waals surface area contributed by atoms with Crippen molar-refractivity contribution in [1.29, 1.82) is 0 Å². The summed E-state index contributed by atoms with van der Waals surface area (Å²) in [5.41, 5.74) is -5.54. The monoisotopic (exact) mass is 675 g/mol. The SMILES string of the molecule is [2H]c1cc(-c2c([2H])c([2H])c([2H])c3c2c([2H])c([2H])c2c([2H])c([2H])c([2H])c([2H])c23)c([2H])c(-c2c3c([2H])c([2H])c([2H])c([2H])c3c(-c3c([2H])c([2H])c4oc5c([2H])c([2H])c6c([2H])c([2H])c([2H])c([2H])c6c5c4c3[2H])c3c([2H])c([2H])c([2H])c([2H])c23)c1[2H]. The van der Waals surface area contributed by atoms with Crippen molar-refractivity contribution in [2.75, 3.05) is 0 Å². The van der Waals surface area contributed by atoms with E-state index < -0.39 is 284 Å². The first-order chi connectivity index (χ1) is 37.4. The highest BCUT2D eigenvalue weighted by Crippen LogP contribution is 2.46. The van der Waals surface area contributed by atoms with Gasteiger partial charge in [0.2, 0.25) is 0 Å². The van der Waals surface area contributed by atoms with Crippen LogP contribution in [0.1, 0.15) is 39.8 Å². The zero-order chi connectivity index (χ0) is 58.7. The molecule has 0 atom stereocenters. The normalized spacial score (nSPS) is 19.9. The maximum Gasteiger partial charge on any atom is 0.136 e. The van der Waals surface area contributed by atoms with E-state index in [1.54, 1.807) is 0 Å². The zero-order valence-electron chi connectivity index (χ0n) is 54.5. The Balaban J connectivity index is 1.40. The molecule has 0 saturated carbocycles. The van der Waals surface area contributed by atoms with Gasteiger partial charge in [-0.15, -0.1) is 0 Å². The Kier molecular flexibility index (Phi) is 2.56. The summed E-state index contributed by atoms with van der Waals surface area (Å²) >= 11 is 0. The first kappa shape index (κ1) is 12.0. The van der Waals surface area contributed by atoms with Gasteiger partial charge in [0.05, 0.1) is 39.8 Å². The molecule has 51 heavy (non-hydrogen) atoms. The van der Waals surface area contributed by atoms with Crippen molar-refractivity contribution in [2.24, 2.45) is 0 Å². The highest BCUT2D eigenvalue weighted by molar-refractivity contribution is 6.24. The summed E-state index contributed by atoms with van der Waals surface area (Å²) < 4.78 is 270. The fourth-order valence-electron chi connectivity index (χ4n) is 6.49. The van der Waals surface area contributed by atoms with Crippen molar-refractivity contribution >= 4 is 75.8 Å². The zero-order valence-corrected chi connectivity index (χ0v) is 25.5. The molecule has 0 amide bonds. The van der Waals surface area contributed by atoms with Gasteiger partial charge in [-0.1, -0.05) is 157 Å². The van der Waals surface area contributed by atoms with Crippen LogP contribution in [-0.2, 0) is 0 Å². The lowest BCUT2D eigenvalue weighted by Crippen LogP contribution is -1.91. The fraction of sp³-hybridized carbons (Fsp3) is 0. The maximum absolute atomic E-state index is 10.0.